The van der Waals surface area contributed by atoms with Crippen molar-refractivity contribution in [3.05, 3.63) is 46.1 Å². The zero-order valence-electron chi connectivity index (χ0n) is 13.9. The summed E-state index contributed by atoms with van der Waals surface area (Å²) in [6.07, 6.45) is 6.81. The lowest BCUT2D eigenvalue weighted by Gasteiger charge is -2.15. The van der Waals surface area contributed by atoms with Crippen LogP contribution in [-0.4, -0.2) is 15.8 Å². The van der Waals surface area contributed by atoms with Gasteiger partial charge < -0.3 is 5.32 Å². The van der Waals surface area contributed by atoms with Gasteiger partial charge in [-0.05, 0) is 66.2 Å². The van der Waals surface area contributed by atoms with E-state index in [9.17, 15) is 4.79 Å². The van der Waals surface area contributed by atoms with Gasteiger partial charge in [-0.15, -0.1) is 0 Å². The maximum absolute atomic E-state index is 12.4. The van der Waals surface area contributed by atoms with E-state index in [1.807, 2.05) is 38.2 Å². The van der Waals surface area contributed by atoms with Gasteiger partial charge in [-0.3, -0.25) is 10.00 Å². The average molecular weight is 389 g/mol. The number of hydrogen-bond donors (Lipinski definition) is 2. The summed E-state index contributed by atoms with van der Waals surface area (Å²) in [4.78, 5) is 12.4. The fourth-order valence-electron chi connectivity index (χ4n) is 3.07. The van der Waals surface area contributed by atoms with Gasteiger partial charge in [0.05, 0.1) is 11.4 Å². The van der Waals surface area contributed by atoms with Gasteiger partial charge in [0, 0.05) is 17.1 Å². The van der Waals surface area contributed by atoms with Gasteiger partial charge in [-0.1, -0.05) is 18.2 Å². The number of para-hydroxylation sites is 1. The number of nitrogens with zero attached hydrogens (tertiary/aromatic N) is 2. The molecule has 6 heteroatoms. The molecule has 0 radical (unpaired) electrons. The molecule has 24 heavy (non-hydrogen) atoms. The second-order valence-corrected chi connectivity index (χ2v) is 6.82. The third kappa shape index (κ3) is 3.53. The molecule has 0 fully saturated rings. The van der Waals surface area contributed by atoms with Crippen molar-refractivity contribution in [1.29, 1.82) is 0 Å². The Balaban J connectivity index is 1.83. The van der Waals surface area contributed by atoms with Gasteiger partial charge in [-0.2, -0.15) is 5.10 Å². The summed E-state index contributed by atoms with van der Waals surface area (Å²) in [6.45, 7) is 1.99. The van der Waals surface area contributed by atoms with E-state index in [0.29, 0.717) is 0 Å². The fourth-order valence-corrected chi connectivity index (χ4v) is 3.46. The lowest BCUT2D eigenvalue weighted by atomic mass is 9.93. The maximum atomic E-state index is 12.4. The summed E-state index contributed by atoms with van der Waals surface area (Å²) in [6, 6.07) is 7.26. The molecule has 1 heterocycles. The molecule has 1 aliphatic carbocycles. The molecule has 1 aromatic heterocycles. The van der Waals surface area contributed by atoms with Crippen LogP contribution in [0.3, 0.4) is 0 Å². The highest BCUT2D eigenvalue weighted by Gasteiger charge is 2.20. The van der Waals surface area contributed by atoms with Gasteiger partial charge in [-0.25, -0.2) is 4.79 Å². The normalized spacial score (nSPS) is 14.2. The highest BCUT2D eigenvalue weighted by Crippen LogP contribution is 2.34. The average Bonchev–Trinajstić information content (AvgIpc) is 2.84. The second-order valence-electron chi connectivity index (χ2n) is 5.97. The van der Waals surface area contributed by atoms with Gasteiger partial charge >= 0.3 is 6.03 Å². The summed E-state index contributed by atoms with van der Waals surface area (Å²) in [7, 11) is 1.86. The number of nitrogens with one attached hydrogen (secondary N) is 2. The Hall–Kier alpha value is -2.08. The van der Waals surface area contributed by atoms with E-state index < -0.39 is 0 Å². The molecular weight excluding hydrogens is 368 g/mol. The number of carbonyl (C=O) groups is 1. The number of amides is 2. The van der Waals surface area contributed by atoms with E-state index in [1.54, 1.807) is 4.68 Å². The SMILES string of the molecule is Cc1nn(C)c(NC(=O)Nc2ccccc2Br)c1C1=CCCCC1. The lowest BCUT2D eigenvalue weighted by Crippen LogP contribution is -2.22. The molecule has 0 aliphatic heterocycles. The molecule has 0 saturated heterocycles. The molecule has 126 valence electrons. The van der Waals surface area contributed by atoms with E-state index in [4.69, 9.17) is 0 Å². The Bertz CT molecular complexity index is 794. The van der Waals surface area contributed by atoms with Crippen LogP contribution in [0.4, 0.5) is 16.3 Å². The molecule has 0 bridgehead atoms. The zero-order chi connectivity index (χ0) is 17.1. The Labute approximate surface area is 150 Å². The predicted molar refractivity (Wildman–Crippen MR) is 101 cm³/mol. The van der Waals surface area contributed by atoms with Crippen LogP contribution >= 0.6 is 15.9 Å². The standard InChI is InChI=1S/C18H21BrN4O/c1-12-16(13-8-4-3-5-9-13)17(23(2)22-12)21-18(24)20-15-11-7-6-10-14(15)19/h6-8,10-11H,3-5,9H2,1-2H3,(H2,20,21,24). The van der Waals surface area contributed by atoms with Crippen LogP contribution in [0.1, 0.15) is 36.9 Å². The van der Waals surface area contributed by atoms with Crippen molar-refractivity contribution in [1.82, 2.24) is 9.78 Å². The Morgan fingerprint density at radius 2 is 2.04 bits per heavy atom. The van der Waals surface area contributed by atoms with Crippen molar-refractivity contribution >= 4 is 39.0 Å². The number of carbonyl (C=O) groups excluding carboxylic acids is 1. The van der Waals surface area contributed by atoms with Crippen molar-refractivity contribution in [3.63, 3.8) is 0 Å². The molecule has 0 spiro atoms. The van der Waals surface area contributed by atoms with Crippen LogP contribution in [-0.2, 0) is 7.05 Å². The van der Waals surface area contributed by atoms with Crippen LogP contribution in [0.15, 0.2) is 34.8 Å². The predicted octanol–water partition coefficient (Wildman–Crippen LogP) is 5.09. The Kier molecular flexibility index (Phi) is 5.04. The summed E-state index contributed by atoms with van der Waals surface area (Å²) in [5.74, 6) is 0.741. The van der Waals surface area contributed by atoms with Crippen LogP contribution < -0.4 is 10.6 Å². The highest BCUT2D eigenvalue weighted by atomic mass is 79.9. The molecule has 1 aromatic carbocycles. The van der Waals surface area contributed by atoms with Gasteiger partial charge in [0.15, 0.2) is 0 Å². The van der Waals surface area contributed by atoms with E-state index in [0.717, 1.165) is 40.1 Å². The Morgan fingerprint density at radius 1 is 1.25 bits per heavy atom. The smallest absolute Gasteiger partial charge is 0.307 e. The second kappa shape index (κ2) is 7.21. The number of benzene rings is 1. The third-order valence-electron chi connectivity index (χ3n) is 4.19. The number of anilines is 2. The van der Waals surface area contributed by atoms with E-state index in [-0.39, 0.29) is 6.03 Å². The summed E-state index contributed by atoms with van der Waals surface area (Å²) < 4.78 is 2.58. The molecule has 2 aromatic rings. The third-order valence-corrected chi connectivity index (χ3v) is 4.88. The van der Waals surface area contributed by atoms with Crippen LogP contribution in [0.25, 0.3) is 5.57 Å². The molecular formula is C18H21BrN4O. The topological polar surface area (TPSA) is 59.0 Å². The monoisotopic (exact) mass is 388 g/mol. The maximum Gasteiger partial charge on any atom is 0.324 e. The number of allylic oxidation sites excluding steroid dienone is 2. The summed E-state index contributed by atoms with van der Waals surface area (Å²) >= 11 is 3.44. The van der Waals surface area contributed by atoms with Crippen molar-refractivity contribution < 1.29 is 4.79 Å². The first-order chi connectivity index (χ1) is 11.6. The number of halogens is 1. The quantitative estimate of drug-likeness (QED) is 0.768. The Morgan fingerprint density at radius 3 is 2.75 bits per heavy atom. The number of aromatic nitrogens is 2. The molecule has 3 rings (SSSR count). The first-order valence-corrected chi connectivity index (χ1v) is 8.91. The van der Waals surface area contributed by atoms with Gasteiger partial charge in [0.1, 0.15) is 5.82 Å². The van der Waals surface area contributed by atoms with Crippen molar-refractivity contribution in [2.45, 2.75) is 32.6 Å². The molecule has 5 nitrogen and oxygen atoms in total. The van der Waals surface area contributed by atoms with Crippen molar-refractivity contribution in [3.8, 4) is 0 Å². The molecule has 0 atom stereocenters. The summed E-state index contributed by atoms with van der Waals surface area (Å²) in [5.41, 5.74) is 4.01. The lowest BCUT2D eigenvalue weighted by molar-refractivity contribution is 0.262. The van der Waals surface area contributed by atoms with E-state index >= 15 is 0 Å². The molecule has 0 unspecified atom stereocenters. The number of rotatable bonds is 3. The van der Waals surface area contributed by atoms with Crippen molar-refractivity contribution in [2.75, 3.05) is 10.6 Å². The molecule has 0 saturated carbocycles. The zero-order valence-corrected chi connectivity index (χ0v) is 15.5. The molecule has 2 N–H and O–H groups in total. The first kappa shape index (κ1) is 16.8. The fraction of sp³-hybridized carbons (Fsp3) is 0.333. The highest BCUT2D eigenvalue weighted by molar-refractivity contribution is 9.10. The van der Waals surface area contributed by atoms with Crippen LogP contribution in [0, 0.1) is 6.92 Å². The largest absolute Gasteiger partial charge is 0.324 e. The number of hydrogen-bond acceptors (Lipinski definition) is 2. The number of aryl methyl sites for hydroxylation is 2. The first-order valence-electron chi connectivity index (χ1n) is 8.12. The minimum absolute atomic E-state index is 0.275. The van der Waals surface area contributed by atoms with Crippen molar-refractivity contribution in [2.24, 2.45) is 7.05 Å². The van der Waals surface area contributed by atoms with Gasteiger partial charge in [0.2, 0.25) is 0 Å². The van der Waals surface area contributed by atoms with Gasteiger partial charge in [0.25, 0.3) is 0 Å². The molecule has 1 aliphatic rings. The minimum atomic E-state index is -0.275. The summed E-state index contributed by atoms with van der Waals surface area (Å²) in [5, 5.41) is 10.3. The van der Waals surface area contributed by atoms with Crippen LogP contribution in [0.2, 0.25) is 0 Å². The van der Waals surface area contributed by atoms with Crippen LogP contribution in [0.5, 0.6) is 0 Å². The molecule has 2 amide bonds. The van der Waals surface area contributed by atoms with E-state index in [1.165, 1.54) is 18.4 Å². The van der Waals surface area contributed by atoms with E-state index in [2.05, 4.69) is 37.7 Å². The number of urea groups is 1. The minimum Gasteiger partial charge on any atom is -0.307 e.